The van der Waals surface area contributed by atoms with Crippen molar-refractivity contribution in [2.24, 2.45) is 0 Å². The van der Waals surface area contributed by atoms with Crippen LogP contribution in [0.3, 0.4) is 0 Å². The van der Waals surface area contributed by atoms with Gasteiger partial charge < -0.3 is 19.8 Å². The van der Waals surface area contributed by atoms with Crippen LogP contribution in [-0.4, -0.2) is 64.3 Å². The lowest BCUT2D eigenvalue weighted by molar-refractivity contribution is 0.0696. The van der Waals surface area contributed by atoms with Gasteiger partial charge in [0.2, 0.25) is 5.95 Å². The summed E-state index contributed by atoms with van der Waals surface area (Å²) < 4.78 is 14.0. The molecule has 2 saturated heterocycles. The molecule has 2 aromatic heterocycles. The molecule has 200 valence electrons. The first kappa shape index (κ1) is 25.9. The molecule has 2 aliphatic heterocycles. The third-order valence-electron chi connectivity index (χ3n) is 7.78. The van der Waals surface area contributed by atoms with Gasteiger partial charge in [0, 0.05) is 56.1 Å². The van der Waals surface area contributed by atoms with Gasteiger partial charge in [-0.05, 0) is 75.4 Å². The number of carbonyl (C=O) groups is 1. The van der Waals surface area contributed by atoms with Gasteiger partial charge in [-0.25, -0.2) is 19.2 Å². The first-order valence-electron chi connectivity index (χ1n) is 13.4. The van der Waals surface area contributed by atoms with E-state index in [0.29, 0.717) is 11.6 Å². The van der Waals surface area contributed by atoms with E-state index in [2.05, 4.69) is 33.5 Å². The molecule has 8 nitrogen and oxygen atoms in total. The lowest BCUT2D eigenvalue weighted by Crippen LogP contribution is -2.53. The van der Waals surface area contributed by atoms with Gasteiger partial charge in [0.05, 0.1) is 11.3 Å². The van der Waals surface area contributed by atoms with Crippen molar-refractivity contribution in [1.82, 2.24) is 15.0 Å². The van der Waals surface area contributed by atoms with Gasteiger partial charge in [0.1, 0.15) is 17.5 Å². The molecule has 5 rings (SSSR count). The summed E-state index contributed by atoms with van der Waals surface area (Å²) in [4.78, 5) is 32.7. The first-order chi connectivity index (χ1) is 18.2. The van der Waals surface area contributed by atoms with Crippen molar-refractivity contribution in [3.63, 3.8) is 0 Å². The minimum Gasteiger partial charge on any atom is -0.478 e. The van der Waals surface area contributed by atoms with Crippen molar-refractivity contribution in [3.8, 4) is 11.3 Å². The lowest BCUT2D eigenvalue weighted by atomic mass is 10.1. The molecule has 2 fully saturated rings. The van der Waals surface area contributed by atoms with Crippen molar-refractivity contribution in [2.45, 2.75) is 59.0 Å². The average Bonchev–Trinajstić information content (AvgIpc) is 3.39. The number of hydrogen-bond acceptors (Lipinski definition) is 7. The van der Waals surface area contributed by atoms with Crippen LogP contribution in [0.15, 0.2) is 36.5 Å². The summed E-state index contributed by atoms with van der Waals surface area (Å²) in [5.41, 5.74) is 3.32. The van der Waals surface area contributed by atoms with Crippen LogP contribution in [0.25, 0.3) is 11.3 Å². The Balaban J connectivity index is 1.46. The lowest BCUT2D eigenvalue weighted by Gasteiger charge is -2.41. The maximum absolute atomic E-state index is 14.0. The fraction of sp³-hybridized carbons (Fsp3) is 0.448. The molecule has 0 aliphatic carbocycles. The number of aryl methyl sites for hydroxylation is 2. The number of carboxylic acids is 1. The molecule has 0 amide bonds. The summed E-state index contributed by atoms with van der Waals surface area (Å²) in [6, 6.07) is 9.39. The van der Waals surface area contributed by atoms with Crippen LogP contribution in [0.5, 0.6) is 0 Å². The first-order valence-corrected chi connectivity index (χ1v) is 13.4. The zero-order valence-corrected chi connectivity index (χ0v) is 22.5. The minimum absolute atomic E-state index is 0.134. The van der Waals surface area contributed by atoms with Gasteiger partial charge in [-0.1, -0.05) is 6.92 Å². The van der Waals surface area contributed by atoms with Gasteiger partial charge in [-0.15, -0.1) is 0 Å². The smallest absolute Gasteiger partial charge is 0.337 e. The second-order valence-electron chi connectivity index (χ2n) is 10.4. The number of aromatic carboxylic acids is 1. The van der Waals surface area contributed by atoms with Gasteiger partial charge >= 0.3 is 5.97 Å². The molecule has 0 radical (unpaired) electrons. The van der Waals surface area contributed by atoms with E-state index >= 15 is 0 Å². The van der Waals surface area contributed by atoms with Crippen molar-refractivity contribution in [2.75, 3.05) is 40.9 Å². The molecule has 0 spiro atoms. The van der Waals surface area contributed by atoms with Gasteiger partial charge in [0.25, 0.3) is 0 Å². The maximum Gasteiger partial charge on any atom is 0.337 e. The predicted octanol–water partition coefficient (Wildman–Crippen LogP) is 5.09. The van der Waals surface area contributed by atoms with E-state index in [1.54, 1.807) is 19.1 Å². The summed E-state index contributed by atoms with van der Waals surface area (Å²) in [5, 5.41) is 9.29. The highest BCUT2D eigenvalue weighted by atomic mass is 19.1. The summed E-state index contributed by atoms with van der Waals surface area (Å²) >= 11 is 0. The van der Waals surface area contributed by atoms with Gasteiger partial charge in [-0.3, -0.25) is 0 Å². The number of carboxylic acid groups (broad SMARTS) is 1. The number of anilines is 3. The molecule has 2 atom stereocenters. The Kier molecular flexibility index (Phi) is 7.19. The fourth-order valence-electron chi connectivity index (χ4n) is 5.68. The molecule has 9 heteroatoms. The minimum atomic E-state index is -0.972. The monoisotopic (exact) mass is 518 g/mol. The average molecular weight is 519 g/mol. The van der Waals surface area contributed by atoms with Crippen LogP contribution in [0, 0.1) is 19.7 Å². The Labute approximate surface area is 223 Å². The van der Waals surface area contributed by atoms with E-state index in [-0.39, 0.29) is 17.4 Å². The normalized spacial score (nSPS) is 19.8. The number of nitrogens with zero attached hydrogens (tertiary/aromatic N) is 6. The third kappa shape index (κ3) is 5.01. The number of pyridine rings is 1. The standard InChI is InChI=1S/C29H35FN6O2/c1-5-23-7-6-10-36(23)29-32-25(21-8-9-24(30)18(2)13-21)15-26(33-29)35-12-11-34(17-20(35)4)27-19(3)14-22(16-31-27)28(37)38/h8-9,13-16,20,23H,5-7,10-12,17H2,1-4H3,(H,37,38)/t20-,23-/m1/s1. The number of rotatable bonds is 6. The van der Waals surface area contributed by atoms with Crippen LogP contribution >= 0.6 is 0 Å². The predicted molar refractivity (Wildman–Crippen MR) is 148 cm³/mol. The second-order valence-corrected chi connectivity index (χ2v) is 10.4. The molecule has 38 heavy (non-hydrogen) atoms. The third-order valence-corrected chi connectivity index (χ3v) is 7.78. The van der Waals surface area contributed by atoms with Gasteiger partial charge in [-0.2, -0.15) is 4.98 Å². The Morgan fingerprint density at radius 2 is 1.89 bits per heavy atom. The van der Waals surface area contributed by atoms with Crippen LogP contribution in [0.1, 0.15) is 54.6 Å². The number of halogens is 1. The van der Waals surface area contributed by atoms with E-state index in [0.717, 1.165) is 79.8 Å². The van der Waals surface area contributed by atoms with Crippen LogP contribution in [0.2, 0.25) is 0 Å². The summed E-state index contributed by atoms with van der Waals surface area (Å²) in [6.45, 7) is 11.2. The topological polar surface area (TPSA) is 85.7 Å². The van der Waals surface area contributed by atoms with Crippen molar-refractivity contribution in [3.05, 3.63) is 59.0 Å². The van der Waals surface area contributed by atoms with Crippen LogP contribution < -0.4 is 14.7 Å². The molecule has 1 N–H and O–H groups in total. The van der Waals surface area contributed by atoms with E-state index < -0.39 is 5.97 Å². The highest BCUT2D eigenvalue weighted by Gasteiger charge is 2.30. The van der Waals surface area contributed by atoms with E-state index in [9.17, 15) is 14.3 Å². The number of hydrogen-bond donors (Lipinski definition) is 1. The summed E-state index contributed by atoms with van der Waals surface area (Å²) in [7, 11) is 0. The van der Waals surface area contributed by atoms with Crippen molar-refractivity contribution in [1.29, 1.82) is 0 Å². The molecule has 2 aliphatic rings. The highest BCUT2D eigenvalue weighted by Crippen LogP contribution is 2.32. The van der Waals surface area contributed by atoms with Crippen molar-refractivity contribution < 1.29 is 14.3 Å². The largest absolute Gasteiger partial charge is 0.478 e. The zero-order chi connectivity index (χ0) is 27.0. The molecule has 0 saturated carbocycles. The molecule has 0 bridgehead atoms. The molecule has 4 heterocycles. The number of aromatic nitrogens is 3. The SMILES string of the molecule is CC[C@@H]1CCCN1c1nc(-c2ccc(F)c(C)c2)cc(N2CCN(c3ncc(C(=O)O)cc3C)C[C@H]2C)n1. The molecule has 0 unspecified atom stereocenters. The fourth-order valence-corrected chi connectivity index (χ4v) is 5.68. The van der Waals surface area contributed by atoms with Gasteiger partial charge in [0.15, 0.2) is 0 Å². The molecule has 1 aromatic carbocycles. The van der Waals surface area contributed by atoms with E-state index in [1.807, 2.05) is 19.1 Å². The van der Waals surface area contributed by atoms with E-state index in [1.165, 1.54) is 12.3 Å². The molecular formula is C29H35FN6O2. The summed E-state index contributed by atoms with van der Waals surface area (Å²) in [5.74, 6) is 1.22. The Bertz CT molecular complexity index is 1350. The Hall–Kier alpha value is -3.75. The Morgan fingerprint density at radius 1 is 1.08 bits per heavy atom. The molecular weight excluding hydrogens is 483 g/mol. The quantitative estimate of drug-likeness (QED) is 0.483. The zero-order valence-electron chi connectivity index (χ0n) is 22.5. The number of piperazine rings is 1. The van der Waals surface area contributed by atoms with Crippen LogP contribution in [-0.2, 0) is 0 Å². The highest BCUT2D eigenvalue weighted by molar-refractivity contribution is 5.87. The second kappa shape index (κ2) is 10.6. The molecule has 3 aromatic rings. The Morgan fingerprint density at radius 3 is 2.58 bits per heavy atom. The number of benzene rings is 1. The summed E-state index contributed by atoms with van der Waals surface area (Å²) in [6.07, 6.45) is 4.73. The van der Waals surface area contributed by atoms with E-state index in [4.69, 9.17) is 9.97 Å². The van der Waals surface area contributed by atoms with Crippen molar-refractivity contribution >= 4 is 23.6 Å². The maximum atomic E-state index is 14.0. The van der Waals surface area contributed by atoms with Crippen LogP contribution in [0.4, 0.5) is 22.0 Å².